The Morgan fingerprint density at radius 1 is 1.35 bits per heavy atom. The number of nitrogens with zero attached hydrogens (tertiary/aromatic N) is 2. The Bertz CT molecular complexity index is 392. The van der Waals surface area contributed by atoms with Crippen LogP contribution in [0.5, 0.6) is 0 Å². The molecule has 2 heterocycles. The first kappa shape index (κ1) is 11.9. The van der Waals surface area contributed by atoms with E-state index in [1.807, 2.05) is 6.07 Å². The van der Waals surface area contributed by atoms with Crippen LogP contribution in [0, 0.1) is 0 Å². The molecule has 4 nitrogen and oxygen atoms in total. The lowest BCUT2D eigenvalue weighted by Crippen LogP contribution is -2.44. The fraction of sp³-hybridized carbons (Fsp3) is 0.538. The summed E-state index contributed by atoms with van der Waals surface area (Å²) in [5, 5.41) is 8.84. The molecule has 2 rings (SSSR count). The van der Waals surface area contributed by atoms with Crippen molar-refractivity contribution >= 4 is 11.8 Å². The third kappa shape index (κ3) is 2.40. The lowest BCUT2D eigenvalue weighted by atomic mass is 9.97. The van der Waals surface area contributed by atoms with Crippen LogP contribution in [0.2, 0.25) is 0 Å². The number of hydrogen-bond donors (Lipinski definition) is 1. The summed E-state index contributed by atoms with van der Waals surface area (Å²) in [6.45, 7) is 4.39. The maximum Gasteiger partial charge on any atom is 0.337 e. The standard InChI is InChI=1S/C13H18N2O2/c1-9-4-3-5-10(2)15(9)12-7-6-11(8-14-12)13(16)17/h6-10H,3-5H2,1-2H3,(H,16,17)/t9-,10+. The third-order valence-electron chi connectivity index (χ3n) is 3.45. The molecule has 92 valence electrons. The van der Waals surface area contributed by atoms with Gasteiger partial charge in [-0.05, 0) is 45.2 Å². The minimum atomic E-state index is -0.927. The molecule has 0 radical (unpaired) electrons. The molecule has 0 saturated carbocycles. The van der Waals surface area contributed by atoms with E-state index in [1.54, 1.807) is 6.07 Å². The van der Waals surface area contributed by atoms with Crippen LogP contribution >= 0.6 is 0 Å². The monoisotopic (exact) mass is 234 g/mol. The van der Waals surface area contributed by atoms with Crippen LogP contribution in [0.3, 0.4) is 0 Å². The molecule has 0 unspecified atom stereocenters. The van der Waals surface area contributed by atoms with Crippen molar-refractivity contribution in [2.45, 2.75) is 45.2 Å². The second-order valence-corrected chi connectivity index (χ2v) is 4.75. The van der Waals surface area contributed by atoms with Crippen molar-refractivity contribution in [2.75, 3.05) is 4.90 Å². The summed E-state index contributed by atoms with van der Waals surface area (Å²) in [5.41, 5.74) is 0.242. The van der Waals surface area contributed by atoms with Gasteiger partial charge in [0.2, 0.25) is 0 Å². The Morgan fingerprint density at radius 3 is 2.47 bits per heavy atom. The van der Waals surface area contributed by atoms with E-state index in [9.17, 15) is 4.79 Å². The van der Waals surface area contributed by atoms with Crippen molar-refractivity contribution < 1.29 is 9.90 Å². The number of anilines is 1. The van der Waals surface area contributed by atoms with E-state index in [-0.39, 0.29) is 5.56 Å². The predicted octanol–water partition coefficient (Wildman–Crippen LogP) is 2.55. The summed E-state index contributed by atoms with van der Waals surface area (Å²) >= 11 is 0. The number of carboxylic acid groups (broad SMARTS) is 1. The molecule has 2 atom stereocenters. The van der Waals surface area contributed by atoms with E-state index < -0.39 is 5.97 Å². The molecule has 17 heavy (non-hydrogen) atoms. The van der Waals surface area contributed by atoms with E-state index in [0.29, 0.717) is 12.1 Å². The second-order valence-electron chi connectivity index (χ2n) is 4.75. The minimum absolute atomic E-state index is 0.242. The number of rotatable bonds is 2. The highest BCUT2D eigenvalue weighted by Crippen LogP contribution is 2.27. The zero-order valence-corrected chi connectivity index (χ0v) is 10.3. The Kier molecular flexibility index (Phi) is 3.31. The first-order valence-corrected chi connectivity index (χ1v) is 6.07. The third-order valence-corrected chi connectivity index (χ3v) is 3.45. The lowest BCUT2D eigenvalue weighted by molar-refractivity contribution is 0.0696. The van der Waals surface area contributed by atoms with Gasteiger partial charge in [0.05, 0.1) is 5.56 Å². The van der Waals surface area contributed by atoms with Gasteiger partial charge in [-0.2, -0.15) is 0 Å². The molecular formula is C13H18N2O2. The smallest absolute Gasteiger partial charge is 0.337 e. The van der Waals surface area contributed by atoms with Crippen LogP contribution in [0.25, 0.3) is 0 Å². The van der Waals surface area contributed by atoms with Gasteiger partial charge in [0.15, 0.2) is 0 Å². The van der Waals surface area contributed by atoms with Gasteiger partial charge in [0, 0.05) is 18.3 Å². The first-order valence-electron chi connectivity index (χ1n) is 6.07. The van der Waals surface area contributed by atoms with Gasteiger partial charge in [0.25, 0.3) is 0 Å². The minimum Gasteiger partial charge on any atom is -0.478 e. The van der Waals surface area contributed by atoms with Gasteiger partial charge in [0.1, 0.15) is 5.82 Å². The van der Waals surface area contributed by atoms with E-state index in [1.165, 1.54) is 25.5 Å². The van der Waals surface area contributed by atoms with E-state index in [2.05, 4.69) is 23.7 Å². The quantitative estimate of drug-likeness (QED) is 0.854. The van der Waals surface area contributed by atoms with Crippen LogP contribution in [0.15, 0.2) is 18.3 Å². The van der Waals surface area contributed by atoms with Crippen LogP contribution in [-0.2, 0) is 0 Å². The van der Waals surface area contributed by atoms with Crippen molar-refractivity contribution in [3.63, 3.8) is 0 Å². The van der Waals surface area contributed by atoms with Gasteiger partial charge < -0.3 is 10.0 Å². The SMILES string of the molecule is C[C@@H]1CCC[C@H](C)N1c1ccc(C(=O)O)cn1. The van der Waals surface area contributed by atoms with Gasteiger partial charge in [-0.3, -0.25) is 0 Å². The summed E-state index contributed by atoms with van der Waals surface area (Å²) in [5.74, 6) is -0.0431. The molecule has 1 N–H and O–H groups in total. The molecule has 1 saturated heterocycles. The molecule has 4 heteroatoms. The van der Waals surface area contributed by atoms with E-state index in [0.717, 1.165) is 5.82 Å². The Hall–Kier alpha value is -1.58. The zero-order valence-electron chi connectivity index (χ0n) is 10.3. The maximum atomic E-state index is 10.8. The average Bonchev–Trinajstić information content (AvgIpc) is 2.29. The fourth-order valence-electron chi connectivity index (χ4n) is 2.54. The predicted molar refractivity (Wildman–Crippen MR) is 66.5 cm³/mol. The number of carboxylic acids is 1. The molecule has 0 spiro atoms. The van der Waals surface area contributed by atoms with Crippen LogP contribution in [0.1, 0.15) is 43.5 Å². The maximum absolute atomic E-state index is 10.8. The number of piperidine rings is 1. The lowest BCUT2D eigenvalue weighted by Gasteiger charge is -2.40. The van der Waals surface area contributed by atoms with Gasteiger partial charge in [-0.15, -0.1) is 0 Å². The Morgan fingerprint density at radius 2 is 2.00 bits per heavy atom. The summed E-state index contributed by atoms with van der Waals surface area (Å²) in [4.78, 5) is 17.3. The molecule has 1 aliphatic rings. The van der Waals surface area contributed by atoms with E-state index >= 15 is 0 Å². The van der Waals surface area contributed by atoms with Crippen LogP contribution < -0.4 is 4.90 Å². The topological polar surface area (TPSA) is 53.4 Å². The van der Waals surface area contributed by atoms with Gasteiger partial charge >= 0.3 is 5.97 Å². The fourth-order valence-corrected chi connectivity index (χ4v) is 2.54. The van der Waals surface area contributed by atoms with Crippen molar-refractivity contribution in [2.24, 2.45) is 0 Å². The van der Waals surface area contributed by atoms with Crippen molar-refractivity contribution in [1.29, 1.82) is 0 Å². The summed E-state index contributed by atoms with van der Waals surface area (Å²) in [6, 6.07) is 4.38. The number of aromatic nitrogens is 1. The summed E-state index contributed by atoms with van der Waals surface area (Å²) < 4.78 is 0. The molecular weight excluding hydrogens is 216 g/mol. The first-order chi connectivity index (χ1) is 8.09. The number of hydrogen-bond acceptors (Lipinski definition) is 3. The molecule has 0 aromatic carbocycles. The second kappa shape index (κ2) is 4.73. The van der Waals surface area contributed by atoms with Crippen molar-refractivity contribution in [3.8, 4) is 0 Å². The van der Waals surface area contributed by atoms with Crippen LogP contribution in [0.4, 0.5) is 5.82 Å². The Labute approximate surface area is 101 Å². The molecule has 1 aromatic rings. The highest BCUT2D eigenvalue weighted by Gasteiger charge is 2.25. The molecule has 0 amide bonds. The van der Waals surface area contributed by atoms with Crippen molar-refractivity contribution in [1.82, 2.24) is 4.98 Å². The largest absolute Gasteiger partial charge is 0.478 e. The van der Waals surface area contributed by atoms with Crippen molar-refractivity contribution in [3.05, 3.63) is 23.9 Å². The number of pyridine rings is 1. The molecule has 0 aliphatic carbocycles. The number of aromatic carboxylic acids is 1. The summed E-state index contributed by atoms with van der Waals surface area (Å²) in [7, 11) is 0. The zero-order chi connectivity index (χ0) is 12.4. The Balaban J connectivity index is 2.23. The number of carbonyl (C=O) groups is 1. The van der Waals surface area contributed by atoms with Gasteiger partial charge in [-0.1, -0.05) is 0 Å². The molecule has 0 bridgehead atoms. The molecule has 1 fully saturated rings. The highest BCUT2D eigenvalue weighted by molar-refractivity contribution is 5.87. The molecule has 1 aromatic heterocycles. The highest BCUT2D eigenvalue weighted by atomic mass is 16.4. The van der Waals surface area contributed by atoms with Crippen LogP contribution in [-0.4, -0.2) is 28.1 Å². The molecule has 1 aliphatic heterocycles. The van der Waals surface area contributed by atoms with Gasteiger partial charge in [-0.25, -0.2) is 9.78 Å². The average molecular weight is 234 g/mol. The van der Waals surface area contributed by atoms with E-state index in [4.69, 9.17) is 5.11 Å². The summed E-state index contributed by atoms with van der Waals surface area (Å²) in [6.07, 6.45) is 5.04. The normalized spacial score (nSPS) is 24.7.